The van der Waals surface area contributed by atoms with Crippen LogP contribution in [0.2, 0.25) is 5.02 Å². The van der Waals surface area contributed by atoms with E-state index in [1.165, 1.54) is 0 Å². The highest BCUT2D eigenvalue weighted by Gasteiger charge is 2.21. The van der Waals surface area contributed by atoms with E-state index in [2.05, 4.69) is 31.4 Å². The Morgan fingerprint density at radius 1 is 1.31 bits per heavy atom. The van der Waals surface area contributed by atoms with E-state index in [9.17, 15) is 4.79 Å². The Bertz CT molecular complexity index is 949. The van der Waals surface area contributed by atoms with Crippen LogP contribution in [-0.4, -0.2) is 25.5 Å². The number of aromatic nitrogens is 4. The van der Waals surface area contributed by atoms with Gasteiger partial charge in [-0.3, -0.25) is 14.2 Å². The van der Waals surface area contributed by atoms with Crippen molar-refractivity contribution in [1.82, 2.24) is 19.6 Å². The molecule has 0 aliphatic rings. The number of hydrogen-bond acceptors (Lipinski definition) is 3. The number of nitrogens with zero attached hydrogens (tertiary/aromatic N) is 4. The second-order valence-electron chi connectivity index (χ2n) is 6.12. The summed E-state index contributed by atoms with van der Waals surface area (Å²) in [6, 6.07) is 8.93. The summed E-state index contributed by atoms with van der Waals surface area (Å²) in [6.07, 6.45) is 1.82. The molecule has 0 radical (unpaired) electrons. The molecule has 26 heavy (non-hydrogen) atoms. The summed E-state index contributed by atoms with van der Waals surface area (Å²) in [4.78, 5) is 12.5. The van der Waals surface area contributed by atoms with Crippen LogP contribution in [0.4, 0.5) is 5.82 Å². The lowest BCUT2D eigenvalue weighted by atomic mass is 10.2. The molecule has 6 nitrogen and oxygen atoms in total. The van der Waals surface area contributed by atoms with Crippen LogP contribution in [0.15, 0.2) is 41.0 Å². The number of benzene rings is 1. The van der Waals surface area contributed by atoms with Crippen LogP contribution in [0.5, 0.6) is 0 Å². The topological polar surface area (TPSA) is 64.7 Å². The van der Waals surface area contributed by atoms with Crippen molar-refractivity contribution < 1.29 is 4.79 Å². The number of nitrogens with one attached hydrogen (secondary N) is 1. The van der Waals surface area contributed by atoms with E-state index in [0.29, 0.717) is 17.4 Å². The molecule has 3 rings (SSSR count). The first-order valence-corrected chi connectivity index (χ1v) is 9.32. The minimum atomic E-state index is -0.446. The number of rotatable bonds is 5. The fraction of sp³-hybridized carbons (Fsp3) is 0.278. The Morgan fingerprint density at radius 3 is 2.73 bits per heavy atom. The number of carbonyl (C=O) groups is 1. The number of amides is 1. The molecule has 1 unspecified atom stereocenters. The standard InChI is InChI=1S/C18H19BrClN5O/c1-11-17(19)12(2)25(22-11)13(3)18(26)21-16-7-8-24(23-16)10-14-5-4-6-15(20)9-14/h4-9,13H,10H2,1-3H3,(H,21,23,26). The first kappa shape index (κ1) is 18.7. The highest BCUT2D eigenvalue weighted by Crippen LogP contribution is 2.23. The monoisotopic (exact) mass is 435 g/mol. The number of aryl methyl sites for hydroxylation is 1. The zero-order valence-electron chi connectivity index (χ0n) is 14.7. The third kappa shape index (κ3) is 3.99. The van der Waals surface area contributed by atoms with Crippen LogP contribution in [-0.2, 0) is 11.3 Å². The quantitative estimate of drug-likeness (QED) is 0.646. The summed E-state index contributed by atoms with van der Waals surface area (Å²) in [5.74, 6) is 0.334. The van der Waals surface area contributed by atoms with Crippen molar-refractivity contribution in [2.24, 2.45) is 0 Å². The normalized spacial score (nSPS) is 12.2. The van der Waals surface area contributed by atoms with Gasteiger partial charge in [0.15, 0.2) is 5.82 Å². The van der Waals surface area contributed by atoms with Crippen molar-refractivity contribution in [3.63, 3.8) is 0 Å². The van der Waals surface area contributed by atoms with Crippen molar-refractivity contribution >= 4 is 39.3 Å². The number of halogens is 2. The minimum Gasteiger partial charge on any atom is -0.307 e. The maximum absolute atomic E-state index is 12.5. The van der Waals surface area contributed by atoms with Crippen LogP contribution in [0.3, 0.4) is 0 Å². The van der Waals surface area contributed by atoms with Gasteiger partial charge in [0.25, 0.3) is 0 Å². The highest BCUT2D eigenvalue weighted by atomic mass is 79.9. The molecule has 0 saturated heterocycles. The molecule has 0 fully saturated rings. The van der Waals surface area contributed by atoms with Crippen molar-refractivity contribution in [2.75, 3.05) is 5.32 Å². The van der Waals surface area contributed by atoms with Crippen molar-refractivity contribution in [1.29, 1.82) is 0 Å². The number of carbonyl (C=O) groups excluding carboxylic acids is 1. The average Bonchev–Trinajstić information content (AvgIpc) is 3.13. The second-order valence-corrected chi connectivity index (χ2v) is 7.35. The third-order valence-corrected chi connectivity index (χ3v) is 5.49. The van der Waals surface area contributed by atoms with Crippen LogP contribution in [0.25, 0.3) is 0 Å². The Hall–Kier alpha value is -2.12. The van der Waals surface area contributed by atoms with Gasteiger partial charge in [-0.15, -0.1) is 0 Å². The van der Waals surface area contributed by atoms with E-state index in [4.69, 9.17) is 11.6 Å². The lowest BCUT2D eigenvalue weighted by molar-refractivity contribution is -0.119. The molecule has 8 heteroatoms. The van der Waals surface area contributed by atoms with Gasteiger partial charge in [-0.05, 0) is 54.4 Å². The fourth-order valence-electron chi connectivity index (χ4n) is 2.70. The number of hydrogen-bond donors (Lipinski definition) is 1. The summed E-state index contributed by atoms with van der Waals surface area (Å²) < 4.78 is 4.38. The molecule has 1 N–H and O–H groups in total. The molecule has 0 aliphatic heterocycles. The third-order valence-electron chi connectivity index (χ3n) is 4.11. The molecular weight excluding hydrogens is 418 g/mol. The summed E-state index contributed by atoms with van der Waals surface area (Å²) in [7, 11) is 0. The molecule has 1 atom stereocenters. The summed E-state index contributed by atoms with van der Waals surface area (Å²) in [6.45, 7) is 6.21. The minimum absolute atomic E-state index is 0.170. The van der Waals surface area contributed by atoms with Gasteiger partial charge in [-0.1, -0.05) is 23.7 Å². The van der Waals surface area contributed by atoms with E-state index in [0.717, 1.165) is 21.4 Å². The molecule has 0 aliphatic carbocycles. The van der Waals surface area contributed by atoms with Gasteiger partial charge >= 0.3 is 0 Å². The van der Waals surface area contributed by atoms with Crippen LogP contribution in [0, 0.1) is 13.8 Å². The average molecular weight is 437 g/mol. The van der Waals surface area contributed by atoms with E-state index >= 15 is 0 Å². The molecule has 0 saturated carbocycles. The van der Waals surface area contributed by atoms with Gasteiger partial charge in [0.1, 0.15) is 6.04 Å². The maximum Gasteiger partial charge on any atom is 0.250 e. The van der Waals surface area contributed by atoms with E-state index in [1.54, 1.807) is 15.4 Å². The predicted octanol–water partition coefficient (Wildman–Crippen LogP) is 4.36. The molecule has 0 spiro atoms. The lowest BCUT2D eigenvalue weighted by Gasteiger charge is -2.13. The van der Waals surface area contributed by atoms with Crippen LogP contribution < -0.4 is 5.32 Å². The predicted molar refractivity (Wildman–Crippen MR) is 106 cm³/mol. The maximum atomic E-state index is 12.5. The van der Waals surface area contributed by atoms with Crippen molar-refractivity contribution in [2.45, 2.75) is 33.4 Å². The summed E-state index contributed by atoms with van der Waals surface area (Å²) in [5, 5.41) is 12.3. The Morgan fingerprint density at radius 2 is 2.08 bits per heavy atom. The van der Waals surface area contributed by atoms with E-state index < -0.39 is 6.04 Å². The molecule has 2 heterocycles. The van der Waals surface area contributed by atoms with Crippen molar-refractivity contribution in [3.05, 3.63) is 63.0 Å². The molecule has 3 aromatic rings. The van der Waals surface area contributed by atoms with Gasteiger partial charge in [0.2, 0.25) is 5.91 Å². The molecular formula is C18H19BrClN5O. The largest absolute Gasteiger partial charge is 0.307 e. The second kappa shape index (κ2) is 7.63. The Kier molecular flexibility index (Phi) is 5.48. The van der Waals surface area contributed by atoms with Gasteiger partial charge < -0.3 is 5.32 Å². The van der Waals surface area contributed by atoms with E-state index in [-0.39, 0.29) is 5.91 Å². The first-order chi connectivity index (χ1) is 12.3. The van der Waals surface area contributed by atoms with Gasteiger partial charge in [-0.2, -0.15) is 10.2 Å². The van der Waals surface area contributed by atoms with Gasteiger partial charge in [-0.25, -0.2) is 0 Å². The van der Waals surface area contributed by atoms with Crippen LogP contribution >= 0.6 is 27.5 Å². The zero-order valence-corrected chi connectivity index (χ0v) is 17.0. The van der Waals surface area contributed by atoms with Crippen molar-refractivity contribution in [3.8, 4) is 0 Å². The molecule has 1 amide bonds. The van der Waals surface area contributed by atoms with Gasteiger partial charge in [0, 0.05) is 17.3 Å². The lowest BCUT2D eigenvalue weighted by Crippen LogP contribution is -2.25. The molecule has 1 aromatic carbocycles. The molecule has 0 bridgehead atoms. The highest BCUT2D eigenvalue weighted by molar-refractivity contribution is 9.10. The van der Waals surface area contributed by atoms with E-state index in [1.807, 2.05) is 51.2 Å². The molecule has 136 valence electrons. The number of anilines is 1. The van der Waals surface area contributed by atoms with Crippen LogP contribution in [0.1, 0.15) is 29.9 Å². The first-order valence-electron chi connectivity index (χ1n) is 8.15. The Labute approximate surface area is 165 Å². The SMILES string of the molecule is Cc1nn(C(C)C(=O)Nc2ccn(Cc3cccc(Cl)c3)n2)c(C)c1Br. The smallest absolute Gasteiger partial charge is 0.250 e. The molecule has 2 aromatic heterocycles. The van der Waals surface area contributed by atoms with Gasteiger partial charge in [0.05, 0.1) is 22.4 Å². The summed E-state index contributed by atoms with van der Waals surface area (Å²) >= 11 is 9.49. The summed E-state index contributed by atoms with van der Waals surface area (Å²) in [5.41, 5.74) is 2.81. The zero-order chi connectivity index (χ0) is 18.8. The fourth-order valence-corrected chi connectivity index (χ4v) is 3.17. The Balaban J connectivity index is 1.68.